The summed E-state index contributed by atoms with van der Waals surface area (Å²) in [6.07, 6.45) is 0. The molecule has 4 rings (SSSR count). The molecule has 1 fully saturated rings. The van der Waals surface area contributed by atoms with E-state index in [-0.39, 0.29) is 28.9 Å². The minimum atomic E-state index is -3.71. The lowest BCUT2D eigenvalue weighted by Gasteiger charge is -2.34. The molecule has 1 aromatic heterocycles. The van der Waals surface area contributed by atoms with E-state index in [4.69, 9.17) is 23.2 Å². The third-order valence-corrected chi connectivity index (χ3v) is 7.76. The number of benzene rings is 2. The maximum Gasteiger partial charge on any atom is 0.254 e. The number of para-hydroxylation sites is 1. The van der Waals surface area contributed by atoms with Crippen molar-refractivity contribution < 1.29 is 13.2 Å². The third kappa shape index (κ3) is 3.90. The van der Waals surface area contributed by atoms with E-state index in [1.54, 1.807) is 11.0 Å². The number of piperazine rings is 1. The first-order valence-corrected chi connectivity index (χ1v) is 11.6. The average molecular weight is 464 g/mol. The van der Waals surface area contributed by atoms with Crippen LogP contribution in [-0.2, 0) is 10.0 Å². The summed E-state index contributed by atoms with van der Waals surface area (Å²) in [6.45, 7) is 2.86. The van der Waals surface area contributed by atoms with Crippen molar-refractivity contribution in [1.82, 2.24) is 14.2 Å². The van der Waals surface area contributed by atoms with Gasteiger partial charge in [0.15, 0.2) is 0 Å². The molecule has 9 heteroatoms. The van der Waals surface area contributed by atoms with Crippen LogP contribution < -0.4 is 0 Å². The predicted octanol–water partition coefficient (Wildman–Crippen LogP) is 4.00. The van der Waals surface area contributed by atoms with Crippen LogP contribution in [0.25, 0.3) is 10.9 Å². The lowest BCUT2D eigenvalue weighted by molar-refractivity contribution is 0.0699. The highest BCUT2D eigenvalue weighted by Crippen LogP contribution is 2.27. The maximum absolute atomic E-state index is 13.2. The molecule has 0 radical (unpaired) electrons. The molecule has 3 aromatic rings. The molecule has 1 aliphatic heterocycles. The van der Waals surface area contributed by atoms with E-state index in [0.717, 1.165) is 16.6 Å². The van der Waals surface area contributed by atoms with E-state index in [0.29, 0.717) is 23.7 Å². The molecule has 1 amide bonds. The monoisotopic (exact) mass is 463 g/mol. The molecule has 0 unspecified atom stereocenters. The summed E-state index contributed by atoms with van der Waals surface area (Å²) >= 11 is 11.9. The second kappa shape index (κ2) is 8.15. The molecule has 6 nitrogen and oxygen atoms in total. The molecule has 156 valence electrons. The lowest BCUT2D eigenvalue weighted by atomic mass is 10.1. The van der Waals surface area contributed by atoms with Crippen LogP contribution in [0.3, 0.4) is 0 Å². The number of pyridine rings is 1. The van der Waals surface area contributed by atoms with Crippen molar-refractivity contribution in [1.29, 1.82) is 0 Å². The lowest BCUT2D eigenvalue weighted by Crippen LogP contribution is -2.50. The zero-order valence-electron chi connectivity index (χ0n) is 16.2. The van der Waals surface area contributed by atoms with Gasteiger partial charge in [-0.15, -0.1) is 0 Å². The Morgan fingerprint density at radius 3 is 2.37 bits per heavy atom. The SMILES string of the molecule is Cc1cc(C(=O)N2CCN(S(=O)(=O)c3ccc(Cl)c(Cl)c3)CC2)c2ccccc2n1. The molecular formula is C21H19Cl2N3O3S. The van der Waals surface area contributed by atoms with Gasteiger partial charge in [-0.25, -0.2) is 8.42 Å². The normalized spacial score (nSPS) is 15.5. The second-order valence-electron chi connectivity index (χ2n) is 7.10. The van der Waals surface area contributed by atoms with Gasteiger partial charge in [0.2, 0.25) is 10.0 Å². The van der Waals surface area contributed by atoms with Gasteiger partial charge >= 0.3 is 0 Å². The van der Waals surface area contributed by atoms with Crippen molar-refractivity contribution in [3.8, 4) is 0 Å². The first kappa shape index (κ1) is 21.1. The van der Waals surface area contributed by atoms with Gasteiger partial charge < -0.3 is 4.90 Å². The van der Waals surface area contributed by atoms with Gasteiger partial charge in [-0.2, -0.15) is 4.31 Å². The fraction of sp³-hybridized carbons (Fsp3) is 0.238. The zero-order chi connectivity index (χ0) is 21.5. The summed E-state index contributed by atoms with van der Waals surface area (Å²) in [7, 11) is -3.71. The minimum Gasteiger partial charge on any atom is -0.336 e. The molecule has 0 aliphatic carbocycles. The number of amides is 1. The number of hydrogen-bond donors (Lipinski definition) is 0. The van der Waals surface area contributed by atoms with Crippen LogP contribution in [0, 0.1) is 6.92 Å². The van der Waals surface area contributed by atoms with E-state index in [1.807, 2.05) is 31.2 Å². The van der Waals surface area contributed by atoms with Crippen LogP contribution >= 0.6 is 23.2 Å². The van der Waals surface area contributed by atoms with Gasteiger partial charge in [-0.3, -0.25) is 9.78 Å². The van der Waals surface area contributed by atoms with Crippen LogP contribution in [0.5, 0.6) is 0 Å². The average Bonchev–Trinajstić information content (AvgIpc) is 2.74. The smallest absolute Gasteiger partial charge is 0.254 e. The first-order valence-electron chi connectivity index (χ1n) is 9.38. The Morgan fingerprint density at radius 2 is 1.67 bits per heavy atom. The number of sulfonamides is 1. The third-order valence-electron chi connectivity index (χ3n) is 5.13. The van der Waals surface area contributed by atoms with E-state index in [9.17, 15) is 13.2 Å². The number of carbonyl (C=O) groups is 1. The number of hydrogen-bond acceptors (Lipinski definition) is 4. The highest BCUT2D eigenvalue weighted by Gasteiger charge is 2.31. The number of fused-ring (bicyclic) bond motifs is 1. The highest BCUT2D eigenvalue weighted by atomic mass is 35.5. The van der Waals surface area contributed by atoms with Gasteiger partial charge in [0.25, 0.3) is 5.91 Å². The molecule has 30 heavy (non-hydrogen) atoms. The summed E-state index contributed by atoms with van der Waals surface area (Å²) in [4.78, 5) is 19.4. The number of nitrogens with zero attached hydrogens (tertiary/aromatic N) is 3. The van der Waals surface area contributed by atoms with Crippen LogP contribution in [0.15, 0.2) is 53.4 Å². The van der Waals surface area contributed by atoms with Gasteiger partial charge in [0.05, 0.1) is 26.0 Å². The Kier molecular flexibility index (Phi) is 5.72. The number of aryl methyl sites for hydroxylation is 1. The Labute approximate surface area is 185 Å². The predicted molar refractivity (Wildman–Crippen MR) is 118 cm³/mol. The van der Waals surface area contributed by atoms with Crippen LogP contribution in [-0.4, -0.2) is 54.7 Å². The van der Waals surface area contributed by atoms with Gasteiger partial charge in [0.1, 0.15) is 0 Å². The standard InChI is InChI=1S/C21H19Cl2N3O3S/c1-14-12-17(16-4-2-3-5-20(16)24-14)21(27)25-8-10-26(11-9-25)30(28,29)15-6-7-18(22)19(23)13-15/h2-7,12-13H,8-11H2,1H3. The van der Waals surface area contributed by atoms with E-state index < -0.39 is 10.0 Å². The van der Waals surface area contributed by atoms with E-state index in [2.05, 4.69) is 4.98 Å². The summed E-state index contributed by atoms with van der Waals surface area (Å²) in [5, 5.41) is 1.27. The minimum absolute atomic E-state index is 0.0902. The Bertz CT molecular complexity index is 1240. The summed E-state index contributed by atoms with van der Waals surface area (Å²) in [6, 6.07) is 13.5. The van der Waals surface area contributed by atoms with Crippen molar-refractivity contribution in [3.63, 3.8) is 0 Å². The fourth-order valence-electron chi connectivity index (χ4n) is 3.57. The van der Waals surface area contributed by atoms with E-state index in [1.165, 1.54) is 22.5 Å². The van der Waals surface area contributed by atoms with Gasteiger partial charge in [-0.05, 0) is 37.3 Å². The topological polar surface area (TPSA) is 70.6 Å². The van der Waals surface area contributed by atoms with Crippen LogP contribution in [0.2, 0.25) is 10.0 Å². The van der Waals surface area contributed by atoms with Crippen LogP contribution in [0.4, 0.5) is 0 Å². The number of halogens is 2. The van der Waals surface area contributed by atoms with Crippen molar-refractivity contribution in [2.75, 3.05) is 26.2 Å². The largest absolute Gasteiger partial charge is 0.336 e. The Hall–Kier alpha value is -2.19. The second-order valence-corrected chi connectivity index (χ2v) is 9.85. The van der Waals surface area contributed by atoms with Crippen LogP contribution in [0.1, 0.15) is 16.1 Å². The molecule has 1 aliphatic rings. The Morgan fingerprint density at radius 1 is 0.967 bits per heavy atom. The molecule has 2 aromatic carbocycles. The number of rotatable bonds is 3. The summed E-state index contributed by atoms with van der Waals surface area (Å²) in [5.74, 6) is -0.122. The molecule has 0 saturated carbocycles. The summed E-state index contributed by atoms with van der Waals surface area (Å²) < 4.78 is 27.2. The van der Waals surface area contributed by atoms with Crippen molar-refractivity contribution >= 4 is 50.0 Å². The molecule has 0 bridgehead atoms. The van der Waals surface area contributed by atoms with Gasteiger partial charge in [0, 0.05) is 37.3 Å². The molecule has 0 N–H and O–H groups in total. The molecule has 0 atom stereocenters. The van der Waals surface area contributed by atoms with Crippen molar-refractivity contribution in [2.24, 2.45) is 0 Å². The first-order chi connectivity index (χ1) is 14.3. The molecular weight excluding hydrogens is 445 g/mol. The van der Waals surface area contributed by atoms with Crippen molar-refractivity contribution in [2.45, 2.75) is 11.8 Å². The summed E-state index contributed by atoms with van der Waals surface area (Å²) in [5.41, 5.74) is 2.11. The molecule has 2 heterocycles. The Balaban J connectivity index is 1.54. The molecule has 1 saturated heterocycles. The number of carbonyl (C=O) groups excluding carboxylic acids is 1. The maximum atomic E-state index is 13.2. The van der Waals surface area contributed by atoms with E-state index >= 15 is 0 Å². The number of aromatic nitrogens is 1. The van der Waals surface area contributed by atoms with Crippen molar-refractivity contribution in [3.05, 3.63) is 69.8 Å². The quantitative estimate of drug-likeness (QED) is 0.588. The zero-order valence-corrected chi connectivity index (χ0v) is 18.5. The molecule has 0 spiro atoms. The van der Waals surface area contributed by atoms with Gasteiger partial charge in [-0.1, -0.05) is 41.4 Å². The fourth-order valence-corrected chi connectivity index (χ4v) is 5.38. The highest BCUT2D eigenvalue weighted by molar-refractivity contribution is 7.89.